The van der Waals surface area contributed by atoms with Gasteiger partial charge in [-0.05, 0) is 25.8 Å². The molecule has 1 aromatic rings. The van der Waals surface area contributed by atoms with Crippen molar-refractivity contribution in [2.24, 2.45) is 11.1 Å². The van der Waals surface area contributed by atoms with E-state index in [9.17, 15) is 5.11 Å². The van der Waals surface area contributed by atoms with Crippen LogP contribution in [-0.2, 0) is 6.42 Å². The molecule has 0 fully saturated rings. The van der Waals surface area contributed by atoms with E-state index >= 15 is 0 Å². The van der Waals surface area contributed by atoms with E-state index in [1.165, 1.54) is 0 Å². The average molecular weight is 253 g/mol. The zero-order chi connectivity index (χ0) is 13.8. The number of nitrogens with two attached hydrogens (primary N) is 1. The quantitative estimate of drug-likeness (QED) is 0.782. The molecule has 18 heavy (non-hydrogen) atoms. The van der Waals surface area contributed by atoms with Crippen LogP contribution in [0.25, 0.3) is 0 Å². The van der Waals surface area contributed by atoms with Gasteiger partial charge in [-0.15, -0.1) is 0 Å². The predicted octanol–water partition coefficient (Wildman–Crippen LogP) is 2.13. The van der Waals surface area contributed by atoms with Crippen LogP contribution < -0.4 is 5.73 Å². The monoisotopic (exact) mass is 253 g/mol. The lowest BCUT2D eigenvalue weighted by molar-refractivity contribution is 0.0580. The van der Waals surface area contributed by atoms with E-state index in [1.54, 1.807) is 6.92 Å². The van der Waals surface area contributed by atoms with Crippen LogP contribution in [0.1, 0.15) is 52.3 Å². The average Bonchev–Trinajstić information content (AvgIpc) is 2.78. The Morgan fingerprint density at radius 1 is 1.44 bits per heavy atom. The molecule has 0 aliphatic rings. The number of hydrogen-bond donors (Lipinski definition) is 2. The van der Waals surface area contributed by atoms with Gasteiger partial charge in [-0.3, -0.25) is 4.68 Å². The molecular formula is C14H27N3O. The first-order valence-electron chi connectivity index (χ1n) is 6.89. The molecule has 4 heteroatoms. The summed E-state index contributed by atoms with van der Waals surface area (Å²) in [6, 6.07) is 2.50. The fourth-order valence-corrected chi connectivity index (χ4v) is 2.14. The van der Waals surface area contributed by atoms with E-state index in [1.807, 2.05) is 23.9 Å². The van der Waals surface area contributed by atoms with Crippen molar-refractivity contribution in [2.45, 2.75) is 59.1 Å². The fraction of sp³-hybridized carbons (Fsp3) is 0.786. The van der Waals surface area contributed by atoms with Crippen LogP contribution in [0.2, 0.25) is 0 Å². The lowest BCUT2D eigenvalue weighted by Crippen LogP contribution is -2.39. The Hall–Kier alpha value is -0.870. The molecule has 104 valence electrons. The Bertz CT molecular complexity index is 358. The van der Waals surface area contributed by atoms with Gasteiger partial charge in [0.2, 0.25) is 0 Å². The van der Waals surface area contributed by atoms with Gasteiger partial charge in [0.05, 0.1) is 17.8 Å². The zero-order valence-corrected chi connectivity index (χ0v) is 12.1. The van der Waals surface area contributed by atoms with Gasteiger partial charge >= 0.3 is 0 Å². The van der Waals surface area contributed by atoms with E-state index in [0.717, 1.165) is 18.5 Å². The van der Waals surface area contributed by atoms with Crippen molar-refractivity contribution in [2.75, 3.05) is 6.54 Å². The molecule has 0 bridgehead atoms. The first-order valence-corrected chi connectivity index (χ1v) is 6.89. The summed E-state index contributed by atoms with van der Waals surface area (Å²) in [4.78, 5) is 0. The van der Waals surface area contributed by atoms with Gasteiger partial charge in [0, 0.05) is 24.6 Å². The summed E-state index contributed by atoms with van der Waals surface area (Å²) in [5.41, 5.74) is 6.49. The molecule has 4 nitrogen and oxygen atoms in total. The second-order valence-electron chi connectivity index (χ2n) is 5.47. The molecule has 0 saturated heterocycles. The van der Waals surface area contributed by atoms with Crippen molar-refractivity contribution >= 4 is 0 Å². The minimum absolute atomic E-state index is 0.299. The lowest BCUT2D eigenvalue weighted by atomic mass is 9.81. The molecule has 3 N–H and O–H groups in total. The Labute approximate surface area is 110 Å². The van der Waals surface area contributed by atoms with Crippen molar-refractivity contribution in [3.8, 4) is 0 Å². The molecule has 1 heterocycles. The van der Waals surface area contributed by atoms with Crippen LogP contribution in [0.15, 0.2) is 12.3 Å². The predicted molar refractivity (Wildman–Crippen MR) is 74.4 cm³/mol. The van der Waals surface area contributed by atoms with Crippen LogP contribution in [0.5, 0.6) is 0 Å². The first kappa shape index (κ1) is 15.2. The van der Waals surface area contributed by atoms with Crippen LogP contribution in [0.3, 0.4) is 0 Å². The summed E-state index contributed by atoms with van der Waals surface area (Å²) in [5, 5.41) is 14.4. The highest BCUT2D eigenvalue weighted by Gasteiger charge is 2.29. The summed E-state index contributed by atoms with van der Waals surface area (Å²) in [6.45, 7) is 8.62. The van der Waals surface area contributed by atoms with Gasteiger partial charge < -0.3 is 10.8 Å². The Balaban J connectivity index is 2.80. The Morgan fingerprint density at radius 3 is 2.50 bits per heavy atom. The van der Waals surface area contributed by atoms with Crippen molar-refractivity contribution in [1.29, 1.82) is 0 Å². The Kier molecular flexibility index (Phi) is 5.35. The highest BCUT2D eigenvalue weighted by molar-refractivity contribution is 5.04. The third-order valence-corrected chi connectivity index (χ3v) is 4.04. The van der Waals surface area contributed by atoms with E-state index in [-0.39, 0.29) is 5.41 Å². The molecule has 0 aromatic carbocycles. The molecule has 0 amide bonds. The summed E-state index contributed by atoms with van der Waals surface area (Å²) >= 11 is 0. The van der Waals surface area contributed by atoms with Crippen molar-refractivity contribution in [3.05, 3.63) is 18.0 Å². The molecule has 1 aromatic heterocycles. The van der Waals surface area contributed by atoms with Crippen molar-refractivity contribution < 1.29 is 5.11 Å². The summed E-state index contributed by atoms with van der Waals surface area (Å²) in [6.07, 6.45) is 4.49. The molecule has 2 unspecified atom stereocenters. The lowest BCUT2D eigenvalue weighted by Gasteiger charge is -2.30. The van der Waals surface area contributed by atoms with Gasteiger partial charge in [-0.25, -0.2) is 0 Å². The maximum Gasteiger partial charge on any atom is 0.0631 e. The largest absolute Gasteiger partial charge is 0.393 e. The molecular weight excluding hydrogens is 226 g/mol. The first-order chi connectivity index (χ1) is 8.46. The van der Waals surface area contributed by atoms with Gasteiger partial charge in [0.1, 0.15) is 0 Å². The maximum atomic E-state index is 9.83. The number of hydrogen-bond acceptors (Lipinski definition) is 3. The Morgan fingerprint density at radius 2 is 2.06 bits per heavy atom. The van der Waals surface area contributed by atoms with Crippen molar-refractivity contribution in [1.82, 2.24) is 9.78 Å². The third-order valence-electron chi connectivity index (χ3n) is 4.04. The van der Waals surface area contributed by atoms with E-state index < -0.39 is 6.10 Å². The van der Waals surface area contributed by atoms with Crippen molar-refractivity contribution in [3.63, 3.8) is 0 Å². The standard InChI is InChI=1S/C14H27N3O/c1-5-13(6-2)17-8-7-12(16-17)9-14(4,10-15)11(3)18/h7-8,11,13,18H,5-6,9-10,15H2,1-4H3. The third kappa shape index (κ3) is 3.33. The molecule has 0 spiro atoms. The summed E-state index contributed by atoms with van der Waals surface area (Å²) < 4.78 is 2.04. The molecule has 0 aliphatic carbocycles. The minimum atomic E-state index is -0.430. The van der Waals surface area contributed by atoms with Crippen LogP contribution in [-0.4, -0.2) is 27.5 Å². The highest BCUT2D eigenvalue weighted by atomic mass is 16.3. The highest BCUT2D eigenvalue weighted by Crippen LogP contribution is 2.25. The number of nitrogens with zero attached hydrogens (tertiary/aromatic N) is 2. The van der Waals surface area contributed by atoms with Crippen LogP contribution in [0.4, 0.5) is 0 Å². The summed E-state index contributed by atoms with van der Waals surface area (Å²) in [5.74, 6) is 0. The van der Waals surface area contributed by atoms with Gasteiger partial charge in [-0.2, -0.15) is 5.10 Å². The number of aromatic nitrogens is 2. The number of aliphatic hydroxyl groups excluding tert-OH is 1. The normalized spacial score (nSPS) is 16.8. The van der Waals surface area contributed by atoms with Gasteiger partial charge in [0.25, 0.3) is 0 Å². The molecule has 0 aliphatic heterocycles. The number of aliphatic hydroxyl groups is 1. The second-order valence-corrected chi connectivity index (χ2v) is 5.47. The van der Waals surface area contributed by atoms with Crippen LogP contribution >= 0.6 is 0 Å². The smallest absolute Gasteiger partial charge is 0.0631 e. The molecule has 0 radical (unpaired) electrons. The van der Waals surface area contributed by atoms with E-state index in [0.29, 0.717) is 19.0 Å². The molecule has 1 rings (SSSR count). The second kappa shape index (κ2) is 6.34. The van der Waals surface area contributed by atoms with Crippen LogP contribution in [0, 0.1) is 5.41 Å². The number of rotatable bonds is 7. The zero-order valence-electron chi connectivity index (χ0n) is 12.1. The topological polar surface area (TPSA) is 64.1 Å². The van der Waals surface area contributed by atoms with E-state index in [2.05, 4.69) is 18.9 Å². The summed E-state index contributed by atoms with van der Waals surface area (Å²) in [7, 11) is 0. The fourth-order valence-electron chi connectivity index (χ4n) is 2.14. The van der Waals surface area contributed by atoms with E-state index in [4.69, 9.17) is 5.73 Å². The molecule has 2 atom stereocenters. The van der Waals surface area contributed by atoms with Gasteiger partial charge in [0.15, 0.2) is 0 Å². The molecule has 0 saturated carbocycles. The maximum absolute atomic E-state index is 9.83. The van der Waals surface area contributed by atoms with Gasteiger partial charge in [-0.1, -0.05) is 20.8 Å². The SMILES string of the molecule is CCC(CC)n1ccc(CC(C)(CN)C(C)O)n1. The minimum Gasteiger partial charge on any atom is -0.393 e.